The van der Waals surface area contributed by atoms with Gasteiger partial charge in [0.1, 0.15) is 0 Å². The highest BCUT2D eigenvalue weighted by molar-refractivity contribution is 5.03. The monoisotopic (exact) mass is 240 g/mol. The number of ether oxygens (including phenoxy) is 1. The first-order valence-corrected chi connectivity index (χ1v) is 6.75. The molecule has 0 aromatic heterocycles. The molecule has 2 heteroatoms. The fourth-order valence-corrected chi connectivity index (χ4v) is 2.63. The molecule has 0 saturated heterocycles. The third kappa shape index (κ3) is 3.56. The summed E-state index contributed by atoms with van der Waals surface area (Å²) in [6.07, 6.45) is 5.35. The molecule has 0 amide bonds. The molecule has 1 aliphatic rings. The normalized spacial score (nSPS) is 24.3. The maximum atomic E-state index is 10.4. The smallest absolute Gasteiger partial charge is 0.0939 e. The Hall–Kier alpha value is -0.340. The molecule has 0 spiro atoms. The van der Waals surface area contributed by atoms with Crippen molar-refractivity contribution in [2.45, 2.75) is 71.0 Å². The summed E-state index contributed by atoms with van der Waals surface area (Å²) in [4.78, 5) is 0. The highest BCUT2D eigenvalue weighted by Crippen LogP contribution is 2.44. The van der Waals surface area contributed by atoms with Crippen LogP contribution in [0.3, 0.4) is 0 Å². The summed E-state index contributed by atoms with van der Waals surface area (Å²) >= 11 is 0. The van der Waals surface area contributed by atoms with Crippen LogP contribution in [0.25, 0.3) is 0 Å². The molecule has 0 aromatic rings. The molecule has 1 N–H and O–H groups in total. The molecular weight excluding hydrogens is 212 g/mol. The van der Waals surface area contributed by atoms with Crippen LogP contribution in [0.15, 0.2) is 12.2 Å². The van der Waals surface area contributed by atoms with Gasteiger partial charge in [-0.15, -0.1) is 0 Å². The first-order chi connectivity index (χ1) is 7.85. The zero-order chi connectivity index (χ0) is 13.1. The second-order valence-electron chi connectivity index (χ2n) is 6.26. The first kappa shape index (κ1) is 14.7. The van der Waals surface area contributed by atoms with E-state index in [1.54, 1.807) is 7.11 Å². The van der Waals surface area contributed by atoms with E-state index in [2.05, 4.69) is 27.4 Å². The van der Waals surface area contributed by atoms with Crippen molar-refractivity contribution in [2.75, 3.05) is 7.11 Å². The van der Waals surface area contributed by atoms with Crippen LogP contribution in [0.5, 0.6) is 0 Å². The number of hydrogen-bond donors (Lipinski definition) is 1. The minimum atomic E-state index is -0.406. The van der Waals surface area contributed by atoms with Crippen molar-refractivity contribution in [1.82, 2.24) is 0 Å². The van der Waals surface area contributed by atoms with Crippen molar-refractivity contribution in [3.8, 4) is 0 Å². The van der Waals surface area contributed by atoms with Crippen LogP contribution >= 0.6 is 0 Å². The van der Waals surface area contributed by atoms with E-state index in [4.69, 9.17) is 4.74 Å². The summed E-state index contributed by atoms with van der Waals surface area (Å²) in [6.45, 7) is 10.7. The number of hydrogen-bond acceptors (Lipinski definition) is 2. The summed E-state index contributed by atoms with van der Waals surface area (Å²) in [7, 11) is 1.73. The van der Waals surface area contributed by atoms with Crippen LogP contribution in [0, 0.1) is 5.41 Å². The Labute approximate surface area is 106 Å². The highest BCUT2D eigenvalue weighted by atomic mass is 16.5. The number of methoxy groups -OCH3 is 1. The summed E-state index contributed by atoms with van der Waals surface area (Å²) in [5.74, 6) is 0. The van der Waals surface area contributed by atoms with Gasteiger partial charge in [-0.3, -0.25) is 0 Å². The summed E-state index contributed by atoms with van der Waals surface area (Å²) < 4.78 is 5.69. The molecule has 0 radical (unpaired) electrons. The fraction of sp³-hybridized carbons (Fsp3) is 0.867. The molecule has 1 unspecified atom stereocenters. The molecule has 17 heavy (non-hydrogen) atoms. The molecule has 100 valence electrons. The molecule has 1 rings (SSSR count). The number of aliphatic hydroxyl groups excluding tert-OH is 1. The molecule has 1 aliphatic carbocycles. The quantitative estimate of drug-likeness (QED) is 0.743. The molecule has 2 nitrogen and oxygen atoms in total. The van der Waals surface area contributed by atoms with Gasteiger partial charge >= 0.3 is 0 Å². The topological polar surface area (TPSA) is 29.5 Å². The van der Waals surface area contributed by atoms with Crippen molar-refractivity contribution in [3.63, 3.8) is 0 Å². The van der Waals surface area contributed by atoms with Gasteiger partial charge in [0, 0.05) is 7.11 Å². The fourth-order valence-electron chi connectivity index (χ4n) is 2.63. The predicted molar refractivity (Wildman–Crippen MR) is 72.0 cm³/mol. The average molecular weight is 240 g/mol. The van der Waals surface area contributed by atoms with E-state index in [0.29, 0.717) is 11.8 Å². The first-order valence-electron chi connectivity index (χ1n) is 6.75. The van der Waals surface area contributed by atoms with Gasteiger partial charge in [-0.05, 0) is 43.9 Å². The van der Waals surface area contributed by atoms with E-state index in [9.17, 15) is 5.11 Å². The van der Waals surface area contributed by atoms with Gasteiger partial charge in [0.05, 0.1) is 11.7 Å². The number of aliphatic hydroxyl groups is 1. The van der Waals surface area contributed by atoms with E-state index in [0.717, 1.165) is 37.7 Å². The largest absolute Gasteiger partial charge is 0.390 e. The Morgan fingerprint density at radius 1 is 1.29 bits per heavy atom. The van der Waals surface area contributed by atoms with Gasteiger partial charge in [-0.2, -0.15) is 0 Å². The second kappa shape index (κ2) is 5.53. The van der Waals surface area contributed by atoms with Crippen LogP contribution in [0.4, 0.5) is 0 Å². The molecule has 1 fully saturated rings. The van der Waals surface area contributed by atoms with Crippen LogP contribution in [-0.2, 0) is 4.74 Å². The van der Waals surface area contributed by atoms with Crippen LogP contribution in [0.2, 0.25) is 0 Å². The van der Waals surface area contributed by atoms with Crippen molar-refractivity contribution >= 4 is 0 Å². The zero-order valence-electron chi connectivity index (χ0n) is 11.9. The van der Waals surface area contributed by atoms with E-state index in [1.165, 1.54) is 0 Å². The molecular formula is C15H28O2. The lowest BCUT2D eigenvalue weighted by Gasteiger charge is -2.45. The highest BCUT2D eigenvalue weighted by Gasteiger charge is 2.43. The molecule has 0 bridgehead atoms. The predicted octanol–water partition coefficient (Wildman–Crippen LogP) is 3.69. The Morgan fingerprint density at radius 2 is 1.82 bits per heavy atom. The van der Waals surface area contributed by atoms with Gasteiger partial charge in [0.2, 0.25) is 0 Å². The zero-order valence-corrected chi connectivity index (χ0v) is 11.9. The van der Waals surface area contributed by atoms with Crippen LogP contribution in [-0.4, -0.2) is 23.9 Å². The van der Waals surface area contributed by atoms with E-state index < -0.39 is 6.10 Å². The summed E-state index contributed by atoms with van der Waals surface area (Å²) in [5, 5.41) is 10.4. The van der Waals surface area contributed by atoms with Gasteiger partial charge in [0.15, 0.2) is 0 Å². The van der Waals surface area contributed by atoms with Crippen molar-refractivity contribution in [3.05, 3.63) is 12.2 Å². The SMILES string of the molecule is C=C(CC)CC(O)C1(OC)CCC(C)(C)CC1. The van der Waals surface area contributed by atoms with Crippen LogP contribution < -0.4 is 0 Å². The minimum absolute atomic E-state index is 0.340. The molecule has 1 saturated carbocycles. The lowest BCUT2D eigenvalue weighted by atomic mass is 9.68. The minimum Gasteiger partial charge on any atom is -0.390 e. The summed E-state index contributed by atoms with van der Waals surface area (Å²) in [6, 6.07) is 0. The van der Waals surface area contributed by atoms with E-state index >= 15 is 0 Å². The standard InChI is InChI=1S/C15H28O2/c1-6-12(2)11-13(16)15(17-5)9-7-14(3,4)8-10-15/h13,16H,2,6-11H2,1,3-5H3. The third-order valence-electron chi connectivity index (χ3n) is 4.45. The number of rotatable bonds is 5. The maximum absolute atomic E-state index is 10.4. The van der Waals surface area contributed by atoms with E-state index in [-0.39, 0.29) is 5.60 Å². The second-order valence-corrected chi connectivity index (χ2v) is 6.26. The van der Waals surface area contributed by atoms with Gasteiger partial charge in [0.25, 0.3) is 0 Å². The Kier molecular flexibility index (Phi) is 4.79. The van der Waals surface area contributed by atoms with E-state index in [1.807, 2.05) is 0 Å². The lowest BCUT2D eigenvalue weighted by Crippen LogP contribution is -2.48. The Bertz CT molecular complexity index is 258. The third-order valence-corrected chi connectivity index (χ3v) is 4.45. The molecule has 0 heterocycles. The van der Waals surface area contributed by atoms with Gasteiger partial charge in [-0.1, -0.05) is 32.9 Å². The lowest BCUT2D eigenvalue weighted by molar-refractivity contribution is -0.135. The molecule has 0 aliphatic heterocycles. The van der Waals surface area contributed by atoms with Gasteiger partial charge < -0.3 is 9.84 Å². The summed E-state index contributed by atoms with van der Waals surface area (Å²) in [5.41, 5.74) is 1.16. The van der Waals surface area contributed by atoms with Crippen molar-refractivity contribution in [2.24, 2.45) is 5.41 Å². The molecule has 1 atom stereocenters. The Balaban J connectivity index is 2.66. The Morgan fingerprint density at radius 3 is 2.24 bits per heavy atom. The van der Waals surface area contributed by atoms with Crippen molar-refractivity contribution < 1.29 is 9.84 Å². The average Bonchev–Trinajstić information content (AvgIpc) is 2.29. The van der Waals surface area contributed by atoms with Gasteiger partial charge in [-0.25, -0.2) is 0 Å². The molecule has 0 aromatic carbocycles. The van der Waals surface area contributed by atoms with Crippen LogP contribution in [0.1, 0.15) is 59.3 Å². The maximum Gasteiger partial charge on any atom is 0.0939 e. The van der Waals surface area contributed by atoms with Crippen molar-refractivity contribution in [1.29, 1.82) is 0 Å².